The van der Waals surface area contributed by atoms with Crippen LogP contribution in [0.2, 0.25) is 0 Å². The summed E-state index contributed by atoms with van der Waals surface area (Å²) in [6.45, 7) is 4.73. The van der Waals surface area contributed by atoms with Crippen molar-refractivity contribution < 1.29 is 9.66 Å². The van der Waals surface area contributed by atoms with Crippen LogP contribution in [-0.2, 0) is 11.3 Å². The van der Waals surface area contributed by atoms with Gasteiger partial charge in [-0.15, -0.1) is 0 Å². The molecule has 0 spiro atoms. The van der Waals surface area contributed by atoms with E-state index in [-0.39, 0.29) is 16.7 Å². The van der Waals surface area contributed by atoms with Gasteiger partial charge in [-0.05, 0) is 24.6 Å². The minimum absolute atomic E-state index is 0.00938. The zero-order chi connectivity index (χ0) is 18.1. The van der Waals surface area contributed by atoms with Crippen LogP contribution in [0.25, 0.3) is 10.8 Å². The van der Waals surface area contributed by atoms with E-state index in [9.17, 15) is 10.1 Å². The van der Waals surface area contributed by atoms with E-state index in [2.05, 4.69) is 15.0 Å². The molecule has 0 aliphatic carbocycles. The van der Waals surface area contributed by atoms with Gasteiger partial charge in [0.15, 0.2) is 0 Å². The van der Waals surface area contributed by atoms with Gasteiger partial charge in [-0.3, -0.25) is 19.8 Å². The van der Waals surface area contributed by atoms with E-state index in [4.69, 9.17) is 4.74 Å². The van der Waals surface area contributed by atoms with Gasteiger partial charge in [0.25, 0.3) is 5.69 Å². The lowest BCUT2D eigenvalue weighted by molar-refractivity contribution is -0.383. The number of nitro benzene ring substituents is 1. The van der Waals surface area contributed by atoms with Crippen molar-refractivity contribution in [3.63, 3.8) is 0 Å². The summed E-state index contributed by atoms with van der Waals surface area (Å²) in [4.78, 5) is 17.2. The lowest BCUT2D eigenvalue weighted by Crippen LogP contribution is -2.44. The van der Waals surface area contributed by atoms with Gasteiger partial charge in [-0.25, -0.2) is 0 Å². The van der Waals surface area contributed by atoms with Crippen LogP contribution in [0.15, 0.2) is 43.0 Å². The maximum atomic E-state index is 11.3. The first-order valence-electron chi connectivity index (χ1n) is 8.48. The SMILES string of the molecule is Cc1cnn(CC2CN(c3ccc([N+](=O)[O-])c4cnccc34)CCO2)c1. The average Bonchev–Trinajstić information content (AvgIpc) is 3.05. The summed E-state index contributed by atoms with van der Waals surface area (Å²) in [5, 5.41) is 17.0. The molecule has 1 aliphatic rings. The van der Waals surface area contributed by atoms with E-state index in [1.165, 1.54) is 0 Å². The molecule has 0 saturated carbocycles. The van der Waals surface area contributed by atoms with E-state index in [1.807, 2.05) is 36.1 Å². The Balaban J connectivity index is 1.62. The molecule has 0 amide bonds. The molecular weight excluding hydrogens is 334 g/mol. The predicted octanol–water partition coefficient (Wildman–Crippen LogP) is 2.55. The Bertz CT molecular complexity index is 955. The van der Waals surface area contributed by atoms with Gasteiger partial charge in [0.05, 0.1) is 35.8 Å². The number of hydrogen-bond acceptors (Lipinski definition) is 6. The number of pyridine rings is 1. The third kappa shape index (κ3) is 3.11. The molecule has 3 aromatic rings. The molecule has 26 heavy (non-hydrogen) atoms. The van der Waals surface area contributed by atoms with E-state index in [0.29, 0.717) is 25.1 Å². The van der Waals surface area contributed by atoms with Gasteiger partial charge < -0.3 is 9.64 Å². The first-order valence-corrected chi connectivity index (χ1v) is 8.48. The van der Waals surface area contributed by atoms with Crippen LogP contribution in [0, 0.1) is 17.0 Å². The standard InChI is InChI=1S/C18H19N5O3/c1-13-8-20-22(10-13)12-14-11-21(6-7-26-14)17-2-3-18(23(24)25)16-9-19-5-4-15(16)17/h2-5,8-10,14H,6-7,11-12H2,1H3. The average molecular weight is 353 g/mol. The third-order valence-corrected chi connectivity index (χ3v) is 4.60. The normalized spacial score (nSPS) is 17.6. The summed E-state index contributed by atoms with van der Waals surface area (Å²) in [5.74, 6) is 0. The minimum Gasteiger partial charge on any atom is -0.373 e. The van der Waals surface area contributed by atoms with Crippen LogP contribution in [0.1, 0.15) is 5.56 Å². The van der Waals surface area contributed by atoms with Gasteiger partial charge in [0, 0.05) is 48.8 Å². The molecule has 1 unspecified atom stereocenters. The van der Waals surface area contributed by atoms with Crippen LogP contribution >= 0.6 is 0 Å². The van der Waals surface area contributed by atoms with Crippen molar-refractivity contribution >= 4 is 22.1 Å². The quantitative estimate of drug-likeness (QED) is 0.529. The highest BCUT2D eigenvalue weighted by molar-refractivity contribution is 5.99. The van der Waals surface area contributed by atoms with E-state index >= 15 is 0 Å². The molecule has 1 saturated heterocycles. The molecule has 8 nitrogen and oxygen atoms in total. The molecule has 3 heterocycles. The molecule has 0 N–H and O–H groups in total. The van der Waals surface area contributed by atoms with Crippen LogP contribution < -0.4 is 4.90 Å². The Kier molecular flexibility index (Phi) is 4.26. The third-order valence-electron chi connectivity index (χ3n) is 4.60. The van der Waals surface area contributed by atoms with Crippen molar-refractivity contribution in [3.05, 3.63) is 58.7 Å². The zero-order valence-electron chi connectivity index (χ0n) is 14.4. The Morgan fingerprint density at radius 1 is 1.31 bits per heavy atom. The first kappa shape index (κ1) is 16.5. The summed E-state index contributed by atoms with van der Waals surface area (Å²) in [7, 11) is 0. The molecule has 1 aromatic carbocycles. The molecule has 134 valence electrons. The summed E-state index contributed by atoms with van der Waals surface area (Å²) < 4.78 is 7.78. The second-order valence-corrected chi connectivity index (χ2v) is 6.46. The van der Waals surface area contributed by atoms with E-state index in [1.54, 1.807) is 18.5 Å². The van der Waals surface area contributed by atoms with Crippen molar-refractivity contribution in [2.75, 3.05) is 24.6 Å². The van der Waals surface area contributed by atoms with Crippen LogP contribution in [-0.4, -0.2) is 45.5 Å². The second kappa shape index (κ2) is 6.72. The Morgan fingerprint density at radius 2 is 2.19 bits per heavy atom. The Morgan fingerprint density at radius 3 is 2.96 bits per heavy atom. The molecule has 4 rings (SSSR count). The van der Waals surface area contributed by atoms with Crippen LogP contribution in [0.3, 0.4) is 0 Å². The summed E-state index contributed by atoms with van der Waals surface area (Å²) in [6.07, 6.45) is 7.06. The van der Waals surface area contributed by atoms with Crippen molar-refractivity contribution in [1.29, 1.82) is 0 Å². The number of benzene rings is 1. The maximum Gasteiger partial charge on any atom is 0.278 e. The van der Waals surface area contributed by atoms with Crippen LogP contribution in [0.4, 0.5) is 11.4 Å². The number of rotatable bonds is 4. The lowest BCUT2D eigenvalue weighted by atomic mass is 10.1. The number of nitro groups is 1. The molecule has 0 bridgehead atoms. The number of morpholine rings is 1. The number of non-ortho nitro benzene ring substituents is 1. The van der Waals surface area contributed by atoms with Gasteiger partial charge in [0.1, 0.15) is 0 Å². The van der Waals surface area contributed by atoms with Gasteiger partial charge >= 0.3 is 0 Å². The topological polar surface area (TPSA) is 86.3 Å². The lowest BCUT2D eigenvalue weighted by Gasteiger charge is -2.35. The van der Waals surface area contributed by atoms with Crippen molar-refractivity contribution in [3.8, 4) is 0 Å². The zero-order valence-corrected chi connectivity index (χ0v) is 14.4. The molecule has 1 atom stereocenters. The molecule has 0 radical (unpaired) electrons. The smallest absolute Gasteiger partial charge is 0.278 e. The molecular formula is C18H19N5O3. The Labute approximate surface area is 150 Å². The van der Waals surface area contributed by atoms with Crippen molar-refractivity contribution in [2.24, 2.45) is 0 Å². The second-order valence-electron chi connectivity index (χ2n) is 6.46. The van der Waals surface area contributed by atoms with Crippen molar-refractivity contribution in [1.82, 2.24) is 14.8 Å². The monoisotopic (exact) mass is 353 g/mol. The summed E-state index contributed by atoms with van der Waals surface area (Å²) in [5.41, 5.74) is 2.16. The highest BCUT2D eigenvalue weighted by Crippen LogP contribution is 2.33. The highest BCUT2D eigenvalue weighted by Gasteiger charge is 2.24. The number of nitrogens with zero attached hydrogens (tertiary/aromatic N) is 5. The molecule has 8 heteroatoms. The fraction of sp³-hybridized carbons (Fsp3) is 0.333. The molecule has 1 aliphatic heterocycles. The van der Waals surface area contributed by atoms with Crippen LogP contribution in [0.5, 0.6) is 0 Å². The minimum atomic E-state index is -0.365. The van der Waals surface area contributed by atoms with E-state index < -0.39 is 0 Å². The highest BCUT2D eigenvalue weighted by atomic mass is 16.6. The number of anilines is 1. The fourth-order valence-electron chi connectivity index (χ4n) is 3.42. The van der Waals surface area contributed by atoms with Crippen molar-refractivity contribution in [2.45, 2.75) is 19.6 Å². The number of aryl methyl sites for hydroxylation is 1. The van der Waals surface area contributed by atoms with Gasteiger partial charge in [0.2, 0.25) is 0 Å². The largest absolute Gasteiger partial charge is 0.373 e. The first-order chi connectivity index (χ1) is 12.6. The maximum absolute atomic E-state index is 11.3. The number of fused-ring (bicyclic) bond motifs is 1. The van der Waals surface area contributed by atoms with Gasteiger partial charge in [-0.1, -0.05) is 0 Å². The number of hydrogen-bond donors (Lipinski definition) is 0. The fourth-order valence-corrected chi connectivity index (χ4v) is 3.42. The summed E-state index contributed by atoms with van der Waals surface area (Å²) >= 11 is 0. The Hall–Kier alpha value is -3.00. The number of aromatic nitrogens is 3. The summed E-state index contributed by atoms with van der Waals surface area (Å²) in [6, 6.07) is 5.21. The predicted molar refractivity (Wildman–Crippen MR) is 97.3 cm³/mol. The number of ether oxygens (including phenoxy) is 1. The molecule has 1 fully saturated rings. The van der Waals surface area contributed by atoms with Gasteiger partial charge in [-0.2, -0.15) is 5.10 Å². The van der Waals surface area contributed by atoms with E-state index in [0.717, 1.165) is 23.2 Å². The molecule has 2 aromatic heterocycles.